The molecule has 0 spiro atoms. The molecular weight excluding hydrogens is 504 g/mol. The van der Waals surface area contributed by atoms with E-state index in [1.54, 1.807) is 62.4 Å². The molecule has 1 nitrogen and oxygen atoms in total. The van der Waals surface area contributed by atoms with Gasteiger partial charge in [-0.3, -0.25) is 4.98 Å². The molecule has 9 heteroatoms. The number of allylic oxidation sites excluding steroid dienone is 4. The maximum Gasteiger partial charge on any atom is 0.380 e. The standard InChI is InChI=1S/C26H17F6NS2/c1-22-15(12-18(34-22)14-8-4-3-5-9-14)20-21(25(29,30)26(31,32)24(20,27)28)16-13-19(35-23(16,22)2)17-10-6-7-11-33-17/h3-13H,1-2H3. The molecule has 2 unspecified atom stereocenters. The summed E-state index contributed by atoms with van der Waals surface area (Å²) < 4.78 is 88.3. The highest BCUT2D eigenvalue weighted by atomic mass is 32.2. The first kappa shape index (κ1) is 23.0. The number of thioether (sulfide) groups is 2. The largest absolute Gasteiger partial charge is 0.380 e. The van der Waals surface area contributed by atoms with Gasteiger partial charge in [-0.1, -0.05) is 36.4 Å². The van der Waals surface area contributed by atoms with Crippen molar-refractivity contribution in [3.8, 4) is 0 Å². The fourth-order valence-electron chi connectivity index (χ4n) is 5.29. The highest BCUT2D eigenvalue weighted by molar-refractivity contribution is 8.14. The van der Waals surface area contributed by atoms with Crippen LogP contribution in [-0.4, -0.2) is 32.2 Å². The molecule has 1 saturated carbocycles. The van der Waals surface area contributed by atoms with Gasteiger partial charge in [0.15, 0.2) is 0 Å². The molecule has 0 saturated heterocycles. The molecule has 2 atom stereocenters. The molecule has 0 N–H and O–H groups in total. The maximum absolute atomic E-state index is 15.3. The number of alkyl halides is 6. The van der Waals surface area contributed by atoms with Gasteiger partial charge in [-0.2, -0.15) is 26.3 Å². The molecule has 6 rings (SSSR count). The Morgan fingerprint density at radius 3 is 1.71 bits per heavy atom. The number of rotatable bonds is 2. The number of fused-ring (bicyclic) bond motifs is 4. The third-order valence-electron chi connectivity index (χ3n) is 7.30. The van der Waals surface area contributed by atoms with E-state index in [4.69, 9.17) is 0 Å². The number of nitrogens with zero attached hydrogens (tertiary/aromatic N) is 1. The number of hydrogen-bond donors (Lipinski definition) is 0. The molecule has 1 fully saturated rings. The van der Waals surface area contributed by atoms with Crippen LogP contribution >= 0.6 is 23.5 Å². The van der Waals surface area contributed by atoms with Crippen LogP contribution in [-0.2, 0) is 0 Å². The second-order valence-corrected chi connectivity index (χ2v) is 12.1. The van der Waals surface area contributed by atoms with Gasteiger partial charge >= 0.3 is 17.8 Å². The summed E-state index contributed by atoms with van der Waals surface area (Å²) in [4.78, 5) is 5.31. The van der Waals surface area contributed by atoms with Gasteiger partial charge in [-0.05, 0) is 54.8 Å². The van der Waals surface area contributed by atoms with E-state index in [9.17, 15) is 8.78 Å². The first-order valence-corrected chi connectivity index (χ1v) is 12.4. The minimum absolute atomic E-state index is 0.173. The van der Waals surface area contributed by atoms with Crippen molar-refractivity contribution >= 4 is 33.3 Å². The lowest BCUT2D eigenvalue weighted by Gasteiger charge is -2.47. The molecule has 4 aliphatic rings. The zero-order valence-corrected chi connectivity index (χ0v) is 20.0. The highest BCUT2D eigenvalue weighted by Crippen LogP contribution is 2.75. The summed E-state index contributed by atoms with van der Waals surface area (Å²) in [5, 5.41) is 0. The van der Waals surface area contributed by atoms with E-state index in [1.807, 2.05) is 0 Å². The lowest BCUT2D eigenvalue weighted by atomic mass is 9.71. The first-order chi connectivity index (χ1) is 16.4. The van der Waals surface area contributed by atoms with E-state index in [1.165, 1.54) is 41.9 Å². The summed E-state index contributed by atoms with van der Waals surface area (Å²) >= 11 is 2.45. The van der Waals surface area contributed by atoms with Crippen molar-refractivity contribution in [1.29, 1.82) is 0 Å². The SMILES string of the molecule is CC12SC(c3ccccc3)=CC1=C1C(=C3C=C(c4ccccn4)SC32C)C(F)(F)C(F)(F)C1(F)F. The molecule has 0 amide bonds. The number of halogens is 6. The van der Waals surface area contributed by atoms with Crippen LogP contribution in [0.15, 0.2) is 89.2 Å². The van der Waals surface area contributed by atoms with Crippen LogP contribution in [0.5, 0.6) is 0 Å². The Bertz CT molecular complexity index is 1290. The van der Waals surface area contributed by atoms with Crippen LogP contribution in [0.4, 0.5) is 26.3 Å². The topological polar surface area (TPSA) is 12.9 Å². The quantitative estimate of drug-likeness (QED) is 0.372. The van der Waals surface area contributed by atoms with Gasteiger partial charge in [0.2, 0.25) is 0 Å². The number of benzene rings is 1. The second-order valence-electron chi connectivity index (χ2n) is 9.17. The smallest absolute Gasteiger partial charge is 0.256 e. The minimum atomic E-state index is -5.56. The Labute approximate surface area is 206 Å². The predicted octanol–water partition coefficient (Wildman–Crippen LogP) is 8.00. The fourth-order valence-corrected chi connectivity index (χ4v) is 8.40. The van der Waals surface area contributed by atoms with Crippen LogP contribution in [0.3, 0.4) is 0 Å². The van der Waals surface area contributed by atoms with Gasteiger partial charge in [-0.15, -0.1) is 23.5 Å². The summed E-state index contributed by atoms with van der Waals surface area (Å²) in [6.07, 6.45) is 4.26. The number of hydrogen-bond acceptors (Lipinski definition) is 3. The van der Waals surface area contributed by atoms with E-state index in [-0.39, 0.29) is 11.1 Å². The van der Waals surface area contributed by atoms with E-state index in [0.717, 1.165) is 0 Å². The molecular formula is C26H17F6NS2. The van der Waals surface area contributed by atoms with Gasteiger partial charge in [0.25, 0.3) is 0 Å². The normalized spacial score (nSPS) is 31.7. The van der Waals surface area contributed by atoms with Crippen LogP contribution < -0.4 is 0 Å². The van der Waals surface area contributed by atoms with Crippen molar-refractivity contribution in [2.75, 3.05) is 0 Å². The molecule has 1 aromatic heterocycles. The van der Waals surface area contributed by atoms with E-state index in [2.05, 4.69) is 4.98 Å². The summed E-state index contributed by atoms with van der Waals surface area (Å²) in [5.41, 5.74) is -1.71. The molecule has 3 heterocycles. The third-order valence-corrected chi connectivity index (χ3v) is 10.6. The van der Waals surface area contributed by atoms with Crippen molar-refractivity contribution in [2.45, 2.75) is 41.1 Å². The van der Waals surface area contributed by atoms with Crippen LogP contribution in [0.2, 0.25) is 0 Å². The number of aromatic nitrogens is 1. The molecule has 0 radical (unpaired) electrons. The zero-order chi connectivity index (χ0) is 25.0. The van der Waals surface area contributed by atoms with E-state index >= 15 is 17.6 Å². The van der Waals surface area contributed by atoms with Crippen LogP contribution in [0.1, 0.15) is 25.1 Å². The maximum atomic E-state index is 15.3. The Kier molecular flexibility index (Phi) is 4.53. The summed E-state index contributed by atoms with van der Waals surface area (Å²) in [7, 11) is 0. The third kappa shape index (κ3) is 2.63. The molecule has 1 aromatic carbocycles. The molecule has 0 bridgehead atoms. The predicted molar refractivity (Wildman–Crippen MR) is 128 cm³/mol. The lowest BCUT2D eigenvalue weighted by Crippen LogP contribution is -2.48. The second kappa shape index (κ2) is 6.88. The van der Waals surface area contributed by atoms with Gasteiger partial charge in [0.05, 0.1) is 15.2 Å². The van der Waals surface area contributed by atoms with Crippen LogP contribution in [0.25, 0.3) is 9.81 Å². The average Bonchev–Trinajstić information content (AvgIpc) is 3.40. The van der Waals surface area contributed by atoms with Gasteiger partial charge < -0.3 is 0 Å². The molecule has 35 heavy (non-hydrogen) atoms. The van der Waals surface area contributed by atoms with Crippen molar-refractivity contribution in [3.63, 3.8) is 0 Å². The monoisotopic (exact) mass is 521 g/mol. The van der Waals surface area contributed by atoms with Crippen LogP contribution in [0, 0.1) is 0 Å². The molecule has 2 aliphatic carbocycles. The number of pyridine rings is 1. The Morgan fingerprint density at radius 2 is 1.17 bits per heavy atom. The Balaban J connectivity index is 1.68. The van der Waals surface area contributed by atoms with Crippen molar-refractivity contribution in [1.82, 2.24) is 4.98 Å². The van der Waals surface area contributed by atoms with Gasteiger partial charge in [-0.25, -0.2) is 0 Å². The summed E-state index contributed by atoms with van der Waals surface area (Å²) in [5.74, 6) is -15.6. The highest BCUT2D eigenvalue weighted by Gasteiger charge is 2.84. The van der Waals surface area contributed by atoms with Crippen molar-refractivity contribution in [2.24, 2.45) is 0 Å². The Hall–Kier alpha value is -2.39. The zero-order valence-electron chi connectivity index (χ0n) is 18.4. The summed E-state index contributed by atoms with van der Waals surface area (Å²) in [6.45, 7) is 3.35. The van der Waals surface area contributed by atoms with E-state index < -0.39 is 38.4 Å². The lowest BCUT2D eigenvalue weighted by molar-refractivity contribution is -0.258. The Morgan fingerprint density at radius 1 is 0.657 bits per heavy atom. The minimum Gasteiger partial charge on any atom is -0.256 e. The average molecular weight is 522 g/mol. The van der Waals surface area contributed by atoms with Crippen molar-refractivity contribution in [3.05, 3.63) is 100 Å². The van der Waals surface area contributed by atoms with Gasteiger partial charge in [0, 0.05) is 27.2 Å². The van der Waals surface area contributed by atoms with E-state index in [0.29, 0.717) is 21.1 Å². The molecule has 2 aliphatic heterocycles. The van der Waals surface area contributed by atoms with Gasteiger partial charge in [0.1, 0.15) is 0 Å². The first-order valence-electron chi connectivity index (χ1n) is 10.8. The molecule has 2 aromatic rings. The molecule has 180 valence electrons. The van der Waals surface area contributed by atoms with Crippen molar-refractivity contribution < 1.29 is 26.3 Å². The summed E-state index contributed by atoms with van der Waals surface area (Å²) in [6, 6.07) is 14.0. The fraction of sp³-hybridized carbons (Fsp3) is 0.269.